The van der Waals surface area contributed by atoms with Crippen LogP contribution < -0.4 is 5.43 Å². The van der Waals surface area contributed by atoms with Crippen molar-refractivity contribution in [3.8, 4) is 0 Å². The minimum atomic E-state index is 0.0152. The van der Waals surface area contributed by atoms with Gasteiger partial charge in [-0.15, -0.1) is 0 Å². The number of hydrogen-bond donors (Lipinski definition) is 1. The molecule has 1 amide bonds. The van der Waals surface area contributed by atoms with Crippen LogP contribution in [0, 0.1) is 5.92 Å². The summed E-state index contributed by atoms with van der Waals surface area (Å²) >= 11 is 1.61. The summed E-state index contributed by atoms with van der Waals surface area (Å²) in [5.41, 5.74) is 6.40. The molecule has 2 aromatic rings. The number of thiophene rings is 1. The van der Waals surface area contributed by atoms with Gasteiger partial charge in [-0.25, -0.2) is 5.43 Å². The molecule has 3 rings (SSSR count). The fourth-order valence-electron chi connectivity index (χ4n) is 2.69. The van der Waals surface area contributed by atoms with Crippen LogP contribution in [0.2, 0.25) is 0 Å². The average molecular weight is 326 g/mol. The number of rotatable bonds is 4. The van der Waals surface area contributed by atoms with Crippen LogP contribution in [0.3, 0.4) is 0 Å². The normalized spacial score (nSPS) is 20.7. The van der Waals surface area contributed by atoms with Gasteiger partial charge in [0.05, 0.1) is 6.21 Å². The van der Waals surface area contributed by atoms with Crippen LogP contribution in [-0.2, 0) is 10.2 Å². The van der Waals surface area contributed by atoms with Gasteiger partial charge in [0.1, 0.15) is 0 Å². The highest BCUT2D eigenvalue weighted by atomic mass is 32.1. The number of hydrazone groups is 1. The van der Waals surface area contributed by atoms with Crippen molar-refractivity contribution in [3.05, 3.63) is 57.8 Å². The van der Waals surface area contributed by atoms with Crippen molar-refractivity contribution < 1.29 is 4.79 Å². The van der Waals surface area contributed by atoms with Gasteiger partial charge in [0.15, 0.2) is 0 Å². The molecule has 4 heteroatoms. The zero-order valence-electron chi connectivity index (χ0n) is 13.7. The van der Waals surface area contributed by atoms with E-state index in [1.54, 1.807) is 17.6 Å². The van der Waals surface area contributed by atoms with Crippen molar-refractivity contribution in [1.82, 2.24) is 5.43 Å². The highest BCUT2D eigenvalue weighted by molar-refractivity contribution is 7.08. The summed E-state index contributed by atoms with van der Waals surface area (Å²) in [5, 5.41) is 8.01. The first kappa shape index (κ1) is 15.9. The molecule has 2 unspecified atom stereocenters. The fraction of sp³-hybridized carbons (Fsp3) is 0.368. The van der Waals surface area contributed by atoms with Gasteiger partial charge in [-0.3, -0.25) is 4.79 Å². The van der Waals surface area contributed by atoms with Gasteiger partial charge in [0.25, 0.3) is 0 Å². The smallest absolute Gasteiger partial charge is 0.243 e. The topological polar surface area (TPSA) is 41.5 Å². The number of benzene rings is 1. The van der Waals surface area contributed by atoms with Crippen LogP contribution >= 0.6 is 11.3 Å². The molecule has 1 heterocycles. The van der Waals surface area contributed by atoms with Crippen molar-refractivity contribution >= 4 is 23.5 Å². The zero-order chi connectivity index (χ0) is 16.4. The lowest BCUT2D eigenvalue weighted by Gasteiger charge is -2.19. The Morgan fingerprint density at radius 3 is 2.61 bits per heavy atom. The molecular formula is C19H22N2OS. The van der Waals surface area contributed by atoms with Crippen LogP contribution in [0.5, 0.6) is 0 Å². The largest absolute Gasteiger partial charge is 0.273 e. The Kier molecular flexibility index (Phi) is 4.35. The first-order valence-corrected chi connectivity index (χ1v) is 8.85. The Morgan fingerprint density at radius 1 is 1.26 bits per heavy atom. The van der Waals surface area contributed by atoms with E-state index in [4.69, 9.17) is 0 Å². The molecule has 1 fully saturated rings. The lowest BCUT2D eigenvalue weighted by molar-refractivity contribution is -0.122. The first-order chi connectivity index (χ1) is 10.9. The predicted octanol–water partition coefficient (Wildman–Crippen LogP) is 4.30. The lowest BCUT2D eigenvalue weighted by Crippen LogP contribution is -2.20. The molecule has 2 atom stereocenters. The maximum absolute atomic E-state index is 12.1. The van der Waals surface area contributed by atoms with E-state index in [-0.39, 0.29) is 17.2 Å². The monoisotopic (exact) mass is 326 g/mol. The van der Waals surface area contributed by atoms with Crippen LogP contribution in [-0.4, -0.2) is 12.1 Å². The van der Waals surface area contributed by atoms with Crippen LogP contribution in [0.25, 0.3) is 0 Å². The van der Waals surface area contributed by atoms with Crippen molar-refractivity contribution in [1.29, 1.82) is 0 Å². The highest BCUT2D eigenvalue weighted by Crippen LogP contribution is 2.47. The van der Waals surface area contributed by atoms with Gasteiger partial charge in [-0.05, 0) is 45.7 Å². The second-order valence-corrected chi connectivity index (χ2v) is 7.89. The maximum Gasteiger partial charge on any atom is 0.243 e. The number of nitrogens with zero attached hydrogens (tertiary/aromatic N) is 1. The molecule has 0 spiro atoms. The van der Waals surface area contributed by atoms with Gasteiger partial charge in [-0.2, -0.15) is 16.4 Å². The van der Waals surface area contributed by atoms with E-state index >= 15 is 0 Å². The summed E-state index contributed by atoms with van der Waals surface area (Å²) in [4.78, 5) is 12.1. The van der Waals surface area contributed by atoms with E-state index in [0.29, 0.717) is 5.92 Å². The molecule has 3 nitrogen and oxygen atoms in total. The molecule has 120 valence electrons. The molecule has 23 heavy (non-hydrogen) atoms. The van der Waals surface area contributed by atoms with E-state index in [1.807, 2.05) is 16.8 Å². The fourth-order valence-corrected chi connectivity index (χ4v) is 3.30. The van der Waals surface area contributed by atoms with Crippen molar-refractivity contribution in [2.24, 2.45) is 11.0 Å². The summed E-state index contributed by atoms with van der Waals surface area (Å²) in [6.45, 7) is 6.63. The third-order valence-electron chi connectivity index (χ3n) is 4.26. The Labute approximate surface area is 141 Å². The van der Waals surface area contributed by atoms with Crippen LogP contribution in [0.15, 0.2) is 46.2 Å². The van der Waals surface area contributed by atoms with E-state index < -0.39 is 0 Å². The summed E-state index contributed by atoms with van der Waals surface area (Å²) in [5.74, 6) is 0.400. The maximum atomic E-state index is 12.1. The molecule has 1 aliphatic rings. The second kappa shape index (κ2) is 6.28. The standard InChI is InChI=1S/C19H22N2OS/c1-19(2,3)15-6-4-14(5-7-15)16-10-17(16)18(22)21-20-11-13-8-9-23-12-13/h4-9,11-12,16-17H,10H2,1-3H3,(H,21,22)/b20-11+. The van der Waals surface area contributed by atoms with E-state index in [0.717, 1.165) is 12.0 Å². The number of nitrogens with one attached hydrogen (secondary N) is 1. The molecule has 1 N–H and O–H groups in total. The summed E-state index contributed by atoms with van der Waals surface area (Å²) in [6, 6.07) is 10.6. The SMILES string of the molecule is CC(C)(C)c1ccc(C2CC2C(=O)N/N=C/c2ccsc2)cc1. The molecular weight excluding hydrogens is 304 g/mol. The molecule has 1 aliphatic carbocycles. The highest BCUT2D eigenvalue weighted by Gasteiger charge is 2.43. The zero-order valence-corrected chi connectivity index (χ0v) is 14.6. The van der Waals surface area contributed by atoms with Crippen LogP contribution in [0.1, 0.15) is 49.8 Å². The summed E-state index contributed by atoms with van der Waals surface area (Å²) in [6.07, 6.45) is 2.60. The molecule has 1 aromatic heterocycles. The van der Waals surface area contributed by atoms with Gasteiger partial charge < -0.3 is 0 Å². The minimum Gasteiger partial charge on any atom is -0.273 e. The number of carbonyl (C=O) groups excluding carboxylic acids is 1. The lowest BCUT2D eigenvalue weighted by atomic mass is 9.86. The molecule has 0 saturated heterocycles. The van der Waals surface area contributed by atoms with Gasteiger partial charge in [0, 0.05) is 11.5 Å². The quantitative estimate of drug-likeness (QED) is 0.660. The van der Waals surface area contributed by atoms with Gasteiger partial charge in [0.2, 0.25) is 5.91 Å². The predicted molar refractivity (Wildman–Crippen MR) is 96.0 cm³/mol. The Balaban J connectivity index is 1.55. The molecule has 1 aromatic carbocycles. The Bertz CT molecular complexity index is 696. The third kappa shape index (κ3) is 3.88. The Hall–Kier alpha value is -1.94. The number of amides is 1. The second-order valence-electron chi connectivity index (χ2n) is 7.11. The van der Waals surface area contributed by atoms with Gasteiger partial charge >= 0.3 is 0 Å². The third-order valence-corrected chi connectivity index (χ3v) is 4.97. The average Bonchev–Trinajstić information content (AvgIpc) is 3.15. The van der Waals surface area contributed by atoms with Crippen LogP contribution in [0.4, 0.5) is 0 Å². The molecule has 1 saturated carbocycles. The van der Waals surface area contributed by atoms with E-state index in [9.17, 15) is 4.79 Å². The molecule has 0 aliphatic heterocycles. The summed E-state index contributed by atoms with van der Waals surface area (Å²) in [7, 11) is 0. The summed E-state index contributed by atoms with van der Waals surface area (Å²) < 4.78 is 0. The van der Waals surface area contributed by atoms with E-state index in [1.165, 1.54) is 11.1 Å². The molecule has 0 bridgehead atoms. The van der Waals surface area contributed by atoms with Crippen molar-refractivity contribution in [3.63, 3.8) is 0 Å². The van der Waals surface area contributed by atoms with Crippen molar-refractivity contribution in [2.75, 3.05) is 0 Å². The molecule has 0 radical (unpaired) electrons. The minimum absolute atomic E-state index is 0.0152. The number of hydrogen-bond acceptors (Lipinski definition) is 3. The van der Waals surface area contributed by atoms with Crippen molar-refractivity contribution in [2.45, 2.75) is 38.5 Å². The number of carbonyl (C=O) groups is 1. The Morgan fingerprint density at radius 2 is 2.00 bits per heavy atom. The van der Waals surface area contributed by atoms with Gasteiger partial charge in [-0.1, -0.05) is 45.0 Å². The van der Waals surface area contributed by atoms with E-state index in [2.05, 4.69) is 55.6 Å². The first-order valence-electron chi connectivity index (χ1n) is 7.91.